The fourth-order valence-electron chi connectivity index (χ4n) is 3.49. The topological polar surface area (TPSA) is 164 Å². The molecular formula is C18H18N6O5S2. The smallest absolute Gasteiger partial charge is 0.353 e. The van der Waals surface area contributed by atoms with E-state index < -0.39 is 35.2 Å². The van der Waals surface area contributed by atoms with Crippen LogP contribution in [-0.4, -0.2) is 65.1 Å². The largest absolute Gasteiger partial charge is 0.508 e. The van der Waals surface area contributed by atoms with Crippen molar-refractivity contribution in [1.29, 1.82) is 0 Å². The van der Waals surface area contributed by atoms with Crippen LogP contribution in [0.15, 0.2) is 36.2 Å². The summed E-state index contributed by atoms with van der Waals surface area (Å²) in [5.41, 5.74) is 7.15. The first kappa shape index (κ1) is 21.2. The number of thiol groups is 1. The fourth-order valence-corrected chi connectivity index (χ4v) is 5.05. The lowest BCUT2D eigenvalue weighted by Crippen LogP contribution is -2.71. The second kappa shape index (κ2) is 8.24. The summed E-state index contributed by atoms with van der Waals surface area (Å²) in [5.74, 6) is -1.85. The first-order chi connectivity index (χ1) is 14.8. The van der Waals surface area contributed by atoms with E-state index >= 15 is 0 Å². The Labute approximate surface area is 185 Å². The monoisotopic (exact) mass is 462 g/mol. The standard InChI is InChI=1S/C18H18N6O5S2/c19-12(8-1-3-9(25)4-2-8)15(26)21-13-16(27)24-14(18(28)29)10(6-31-17(13)24)11-5-20-22-23(11)7-30/h1-5,12-13,17,25,30H,6-7,19H2,(H,21,26)(H,28,29). The molecule has 3 unspecified atom stereocenters. The van der Waals surface area contributed by atoms with Crippen LogP contribution in [0.1, 0.15) is 17.3 Å². The highest BCUT2D eigenvalue weighted by Crippen LogP contribution is 2.43. The molecule has 2 aromatic rings. The van der Waals surface area contributed by atoms with Gasteiger partial charge in [-0.05, 0) is 17.7 Å². The van der Waals surface area contributed by atoms with E-state index in [-0.39, 0.29) is 23.1 Å². The van der Waals surface area contributed by atoms with Crippen molar-refractivity contribution in [2.24, 2.45) is 5.73 Å². The first-order valence-corrected chi connectivity index (χ1v) is 10.8. The number of carboxylic acid groups (broad SMARTS) is 1. The van der Waals surface area contributed by atoms with E-state index in [9.17, 15) is 24.6 Å². The molecule has 2 amide bonds. The van der Waals surface area contributed by atoms with E-state index in [1.165, 1.54) is 51.8 Å². The number of nitrogens with two attached hydrogens (primary N) is 1. The average Bonchev–Trinajstić information content (AvgIpc) is 3.24. The van der Waals surface area contributed by atoms with Gasteiger partial charge in [0.05, 0.1) is 17.8 Å². The van der Waals surface area contributed by atoms with Crippen LogP contribution in [0.2, 0.25) is 0 Å². The molecule has 0 bridgehead atoms. The second-order valence-corrected chi connectivity index (χ2v) is 8.25. The molecule has 1 saturated heterocycles. The maximum Gasteiger partial charge on any atom is 0.353 e. The van der Waals surface area contributed by atoms with E-state index in [1.807, 2.05) is 0 Å². The number of aromatic hydroxyl groups is 1. The van der Waals surface area contributed by atoms with Gasteiger partial charge in [-0.2, -0.15) is 12.6 Å². The van der Waals surface area contributed by atoms with Gasteiger partial charge in [-0.3, -0.25) is 14.5 Å². The number of benzene rings is 1. The van der Waals surface area contributed by atoms with E-state index in [0.29, 0.717) is 16.8 Å². The predicted molar refractivity (Wildman–Crippen MR) is 114 cm³/mol. The van der Waals surface area contributed by atoms with Crippen LogP contribution in [0.5, 0.6) is 5.75 Å². The number of β-lactam (4-membered cyclic amide) rings is 1. The van der Waals surface area contributed by atoms with Gasteiger partial charge < -0.3 is 21.3 Å². The average molecular weight is 463 g/mol. The van der Waals surface area contributed by atoms with E-state index in [2.05, 4.69) is 28.3 Å². The molecule has 0 spiro atoms. The summed E-state index contributed by atoms with van der Waals surface area (Å²) in [6, 6.07) is 3.90. The highest BCUT2D eigenvalue weighted by molar-refractivity contribution is 8.00. The number of rotatable bonds is 6. The zero-order valence-corrected chi connectivity index (χ0v) is 17.6. The molecule has 3 atom stereocenters. The minimum Gasteiger partial charge on any atom is -0.508 e. The lowest BCUT2D eigenvalue weighted by molar-refractivity contribution is -0.150. The van der Waals surface area contributed by atoms with E-state index in [4.69, 9.17) is 5.73 Å². The molecule has 4 rings (SSSR count). The number of carbonyl (C=O) groups excluding carboxylic acids is 2. The number of hydrogen-bond donors (Lipinski definition) is 5. The van der Waals surface area contributed by atoms with Gasteiger partial charge in [-0.25, -0.2) is 9.48 Å². The molecule has 0 saturated carbocycles. The van der Waals surface area contributed by atoms with Crippen molar-refractivity contribution >= 4 is 47.7 Å². The molecule has 31 heavy (non-hydrogen) atoms. The molecule has 1 fully saturated rings. The maximum absolute atomic E-state index is 12.8. The Balaban J connectivity index is 1.55. The summed E-state index contributed by atoms with van der Waals surface area (Å²) >= 11 is 5.48. The normalized spacial score (nSPS) is 21.4. The molecule has 13 heteroatoms. The summed E-state index contributed by atoms with van der Waals surface area (Å²) in [6.07, 6.45) is 1.43. The molecule has 3 heterocycles. The highest BCUT2D eigenvalue weighted by Gasteiger charge is 2.54. The fraction of sp³-hybridized carbons (Fsp3) is 0.278. The van der Waals surface area contributed by atoms with Crippen molar-refractivity contribution in [1.82, 2.24) is 25.2 Å². The number of carboxylic acids is 1. The summed E-state index contributed by atoms with van der Waals surface area (Å²) in [7, 11) is 0. The van der Waals surface area contributed by atoms with Gasteiger partial charge in [-0.15, -0.1) is 16.9 Å². The molecule has 0 radical (unpaired) electrons. The van der Waals surface area contributed by atoms with Crippen LogP contribution >= 0.6 is 24.4 Å². The zero-order chi connectivity index (χ0) is 22.3. The Morgan fingerprint density at radius 2 is 2.06 bits per heavy atom. The van der Waals surface area contributed by atoms with Crippen LogP contribution in [0, 0.1) is 0 Å². The Bertz CT molecular complexity index is 1090. The highest BCUT2D eigenvalue weighted by atomic mass is 32.2. The molecule has 5 N–H and O–H groups in total. The summed E-state index contributed by atoms with van der Waals surface area (Å²) < 4.78 is 1.43. The number of nitrogens with zero attached hydrogens (tertiary/aromatic N) is 4. The van der Waals surface area contributed by atoms with Crippen molar-refractivity contribution in [2.75, 3.05) is 5.75 Å². The lowest BCUT2D eigenvalue weighted by Gasteiger charge is -2.49. The number of fused-ring (bicyclic) bond motifs is 1. The number of thioether (sulfide) groups is 1. The molecule has 162 valence electrons. The lowest BCUT2D eigenvalue weighted by atomic mass is 10.0. The SMILES string of the molecule is NC(C(=O)NC1C(=O)N2C(C(=O)O)=C(c3cnnn3CS)CSC12)c1ccc(O)cc1. The van der Waals surface area contributed by atoms with Crippen LogP contribution in [0.25, 0.3) is 5.57 Å². The molecule has 1 aromatic heterocycles. The molecule has 11 nitrogen and oxygen atoms in total. The van der Waals surface area contributed by atoms with Crippen molar-refractivity contribution in [3.63, 3.8) is 0 Å². The van der Waals surface area contributed by atoms with Crippen LogP contribution in [0.3, 0.4) is 0 Å². The molecular weight excluding hydrogens is 444 g/mol. The number of amides is 2. The predicted octanol–water partition coefficient (Wildman–Crippen LogP) is -0.233. The van der Waals surface area contributed by atoms with Gasteiger partial charge in [-0.1, -0.05) is 17.3 Å². The number of aliphatic carboxylic acids is 1. The second-order valence-electron chi connectivity index (χ2n) is 6.86. The van der Waals surface area contributed by atoms with Crippen molar-refractivity contribution in [3.05, 3.63) is 47.4 Å². The van der Waals surface area contributed by atoms with Crippen molar-refractivity contribution in [3.8, 4) is 5.75 Å². The number of phenolic OH excluding ortho intramolecular Hbond substituents is 1. The molecule has 2 aliphatic rings. The van der Waals surface area contributed by atoms with Gasteiger partial charge in [0.1, 0.15) is 28.9 Å². The molecule has 2 aliphatic heterocycles. The first-order valence-electron chi connectivity index (χ1n) is 9.09. The minimum atomic E-state index is -1.26. The third kappa shape index (κ3) is 3.64. The Hall–Kier alpha value is -3.03. The van der Waals surface area contributed by atoms with Crippen molar-refractivity contribution in [2.45, 2.75) is 23.3 Å². The van der Waals surface area contributed by atoms with Gasteiger partial charge in [0, 0.05) is 11.3 Å². The van der Waals surface area contributed by atoms with E-state index in [0.717, 1.165) is 0 Å². The number of phenols is 1. The Morgan fingerprint density at radius 1 is 1.35 bits per heavy atom. The van der Waals surface area contributed by atoms with Crippen LogP contribution in [-0.2, 0) is 20.3 Å². The summed E-state index contributed by atoms with van der Waals surface area (Å²) in [6.45, 7) is 0. The number of nitrogens with one attached hydrogen (secondary N) is 1. The Kier molecular flexibility index (Phi) is 5.64. The zero-order valence-electron chi connectivity index (χ0n) is 15.9. The van der Waals surface area contributed by atoms with Gasteiger partial charge in [0.15, 0.2) is 0 Å². The van der Waals surface area contributed by atoms with Gasteiger partial charge >= 0.3 is 5.97 Å². The summed E-state index contributed by atoms with van der Waals surface area (Å²) in [5, 5.41) is 28.8. The van der Waals surface area contributed by atoms with E-state index in [1.54, 1.807) is 0 Å². The third-order valence-corrected chi connectivity index (χ3v) is 6.61. The van der Waals surface area contributed by atoms with Crippen LogP contribution < -0.4 is 11.1 Å². The van der Waals surface area contributed by atoms with Gasteiger partial charge in [0.2, 0.25) is 5.91 Å². The minimum absolute atomic E-state index is 0.0398. The maximum atomic E-state index is 12.8. The quantitative estimate of drug-likeness (QED) is 0.288. The van der Waals surface area contributed by atoms with Crippen LogP contribution in [0.4, 0.5) is 0 Å². The van der Waals surface area contributed by atoms with Gasteiger partial charge in [0.25, 0.3) is 5.91 Å². The summed E-state index contributed by atoms with van der Waals surface area (Å²) in [4.78, 5) is 38.5. The number of aromatic nitrogens is 3. The number of carbonyl (C=O) groups is 3. The number of hydrogen-bond acceptors (Lipinski definition) is 9. The Morgan fingerprint density at radius 3 is 2.71 bits per heavy atom. The third-order valence-electron chi connectivity index (χ3n) is 5.06. The van der Waals surface area contributed by atoms with Crippen molar-refractivity contribution < 1.29 is 24.6 Å². The molecule has 0 aliphatic carbocycles. The molecule has 1 aromatic carbocycles.